The van der Waals surface area contributed by atoms with Crippen LogP contribution in [-0.2, 0) is 5.41 Å². The van der Waals surface area contributed by atoms with Gasteiger partial charge in [-0.05, 0) is 58.3 Å². The number of rotatable bonds is 10. The van der Waals surface area contributed by atoms with Crippen molar-refractivity contribution in [2.75, 3.05) is 20.8 Å². The molecule has 4 aliphatic carbocycles. The number of allylic oxidation sites excluding steroid dienone is 1. The Morgan fingerprint density at radius 3 is 2.17 bits per heavy atom. The molecule has 3 unspecified atom stereocenters. The van der Waals surface area contributed by atoms with Gasteiger partial charge in [0.25, 0.3) is 0 Å². The highest BCUT2D eigenvalue weighted by Crippen LogP contribution is 2.91. The Hall–Kier alpha value is -1.48. The minimum atomic E-state index is 0.0876. The predicted octanol–water partition coefficient (Wildman–Crippen LogP) is 5.85. The van der Waals surface area contributed by atoms with Crippen LogP contribution in [0.4, 0.5) is 0 Å². The van der Waals surface area contributed by atoms with E-state index in [0.717, 1.165) is 17.4 Å². The zero-order valence-electron chi connectivity index (χ0n) is 19.0. The van der Waals surface area contributed by atoms with Crippen LogP contribution in [0.15, 0.2) is 23.8 Å². The van der Waals surface area contributed by atoms with Crippen LogP contribution in [-0.4, -0.2) is 25.9 Å². The third-order valence-electron chi connectivity index (χ3n) is 8.31. The zero-order valence-corrected chi connectivity index (χ0v) is 19.0. The van der Waals surface area contributed by atoms with E-state index in [0.29, 0.717) is 17.3 Å². The van der Waals surface area contributed by atoms with Crippen molar-refractivity contribution in [3.63, 3.8) is 0 Å². The highest BCUT2D eigenvalue weighted by Gasteiger charge is 2.86. The Balaban J connectivity index is 1.66. The molecular formula is C26H38O3. The normalized spacial score (nSPS) is 31.8. The van der Waals surface area contributed by atoms with Crippen LogP contribution < -0.4 is 9.47 Å². The summed E-state index contributed by atoms with van der Waals surface area (Å²) < 4.78 is 11.8. The standard InChI is InChI=1S/C26H38O3/c1-7-8-9-10-11-25(2,3)17-13-19(28-5)21(20(14-17)29-6)18-12-16(15-27)22-24-23(18)26(22,24)4/h12-14,18,22-24,27H,7-11,15H2,1-6H3/t18?,22-,23+,24?,26?/m0/s1. The summed E-state index contributed by atoms with van der Waals surface area (Å²) in [4.78, 5) is 0. The lowest BCUT2D eigenvalue weighted by Gasteiger charge is -2.34. The fourth-order valence-electron chi connectivity index (χ4n) is 6.35. The first-order chi connectivity index (χ1) is 13.8. The molecule has 2 bridgehead atoms. The summed E-state index contributed by atoms with van der Waals surface area (Å²) in [5.41, 5.74) is 4.16. The molecule has 5 rings (SSSR count). The number of hydrogen-bond donors (Lipinski definition) is 1. The molecule has 0 radical (unpaired) electrons. The highest BCUT2D eigenvalue weighted by atomic mass is 16.5. The molecule has 160 valence electrons. The molecule has 5 atom stereocenters. The van der Waals surface area contributed by atoms with E-state index in [-0.39, 0.29) is 17.9 Å². The largest absolute Gasteiger partial charge is 0.496 e. The summed E-state index contributed by atoms with van der Waals surface area (Å²) in [6.07, 6.45) is 8.60. The molecule has 1 N–H and O–H groups in total. The fraction of sp³-hybridized carbons (Fsp3) is 0.692. The Labute approximate surface area is 176 Å². The minimum Gasteiger partial charge on any atom is -0.496 e. The van der Waals surface area contributed by atoms with E-state index in [1.807, 2.05) is 0 Å². The van der Waals surface area contributed by atoms with Gasteiger partial charge in [0, 0.05) is 11.5 Å². The first-order valence-corrected chi connectivity index (χ1v) is 11.4. The van der Waals surface area contributed by atoms with E-state index in [9.17, 15) is 5.11 Å². The lowest BCUT2D eigenvalue weighted by Crippen LogP contribution is -2.24. The van der Waals surface area contributed by atoms with Gasteiger partial charge in [-0.15, -0.1) is 0 Å². The van der Waals surface area contributed by atoms with Gasteiger partial charge in [-0.25, -0.2) is 0 Å². The lowest BCUT2D eigenvalue weighted by atomic mass is 9.72. The van der Waals surface area contributed by atoms with Gasteiger partial charge < -0.3 is 14.6 Å². The molecule has 4 aliphatic rings. The summed E-state index contributed by atoms with van der Waals surface area (Å²) in [5, 5.41) is 9.87. The second-order valence-corrected chi connectivity index (χ2v) is 10.3. The third kappa shape index (κ3) is 3.12. The summed E-state index contributed by atoms with van der Waals surface area (Å²) >= 11 is 0. The van der Waals surface area contributed by atoms with Crippen molar-refractivity contribution in [3.05, 3.63) is 34.9 Å². The molecule has 3 heteroatoms. The Morgan fingerprint density at radius 1 is 1.03 bits per heavy atom. The molecule has 1 aromatic carbocycles. The van der Waals surface area contributed by atoms with Gasteiger partial charge in [-0.2, -0.15) is 0 Å². The van der Waals surface area contributed by atoms with Crippen molar-refractivity contribution in [3.8, 4) is 11.5 Å². The minimum absolute atomic E-state index is 0.0876. The molecule has 2 saturated carbocycles. The maximum absolute atomic E-state index is 9.87. The number of fused-ring (bicyclic) bond motifs is 1. The van der Waals surface area contributed by atoms with Gasteiger partial charge in [0.05, 0.1) is 20.8 Å². The molecule has 0 aromatic heterocycles. The van der Waals surface area contributed by atoms with Gasteiger partial charge in [0.1, 0.15) is 11.5 Å². The van der Waals surface area contributed by atoms with Crippen LogP contribution in [0.25, 0.3) is 0 Å². The van der Waals surface area contributed by atoms with Crippen molar-refractivity contribution in [2.24, 2.45) is 23.2 Å². The predicted molar refractivity (Wildman–Crippen MR) is 118 cm³/mol. The molecule has 29 heavy (non-hydrogen) atoms. The Kier molecular flexibility index (Phi) is 5.26. The second-order valence-electron chi connectivity index (χ2n) is 10.3. The van der Waals surface area contributed by atoms with Crippen molar-refractivity contribution in [1.29, 1.82) is 0 Å². The van der Waals surface area contributed by atoms with Crippen molar-refractivity contribution in [2.45, 2.75) is 71.1 Å². The number of ether oxygens (including phenoxy) is 2. The quantitative estimate of drug-likeness (QED) is 0.397. The second kappa shape index (κ2) is 7.34. The number of hydrogen-bond acceptors (Lipinski definition) is 3. The molecule has 0 aliphatic heterocycles. The fourth-order valence-corrected chi connectivity index (χ4v) is 6.35. The van der Waals surface area contributed by atoms with Crippen LogP contribution in [0, 0.1) is 23.2 Å². The van der Waals surface area contributed by atoms with Gasteiger partial charge in [0.2, 0.25) is 0 Å². The van der Waals surface area contributed by atoms with Crippen LogP contribution in [0.1, 0.15) is 76.8 Å². The number of unbranched alkanes of at least 4 members (excludes halogenated alkanes) is 3. The number of aliphatic hydroxyl groups is 1. The summed E-state index contributed by atoms with van der Waals surface area (Å²) in [6, 6.07) is 4.49. The monoisotopic (exact) mass is 398 g/mol. The maximum atomic E-state index is 9.87. The summed E-state index contributed by atoms with van der Waals surface area (Å²) in [7, 11) is 3.54. The van der Waals surface area contributed by atoms with E-state index in [2.05, 4.69) is 45.9 Å². The Morgan fingerprint density at radius 2 is 1.66 bits per heavy atom. The summed E-state index contributed by atoms with van der Waals surface area (Å²) in [6.45, 7) is 9.48. The van der Waals surface area contributed by atoms with Gasteiger partial charge >= 0.3 is 0 Å². The topological polar surface area (TPSA) is 38.7 Å². The maximum Gasteiger partial charge on any atom is 0.126 e. The highest BCUT2D eigenvalue weighted by molar-refractivity contribution is 5.59. The van der Waals surface area contributed by atoms with Crippen LogP contribution in [0.2, 0.25) is 0 Å². The number of methoxy groups -OCH3 is 2. The lowest BCUT2D eigenvalue weighted by molar-refractivity contribution is 0.279. The van der Waals surface area contributed by atoms with Crippen molar-refractivity contribution < 1.29 is 14.6 Å². The van der Waals surface area contributed by atoms with E-state index in [1.165, 1.54) is 48.8 Å². The average molecular weight is 399 g/mol. The van der Waals surface area contributed by atoms with Crippen molar-refractivity contribution >= 4 is 0 Å². The van der Waals surface area contributed by atoms with Crippen LogP contribution >= 0.6 is 0 Å². The van der Waals surface area contributed by atoms with Gasteiger partial charge in [-0.1, -0.05) is 59.5 Å². The smallest absolute Gasteiger partial charge is 0.126 e. The molecular weight excluding hydrogens is 360 g/mol. The molecule has 0 saturated heterocycles. The van der Waals surface area contributed by atoms with Gasteiger partial charge in [-0.3, -0.25) is 0 Å². The molecule has 3 nitrogen and oxygen atoms in total. The average Bonchev–Trinajstić information content (AvgIpc) is 3.57. The van der Waals surface area contributed by atoms with E-state index in [1.54, 1.807) is 14.2 Å². The van der Waals surface area contributed by atoms with E-state index in [4.69, 9.17) is 9.47 Å². The molecule has 2 fully saturated rings. The number of aliphatic hydroxyl groups excluding tert-OH is 1. The number of benzene rings is 1. The summed E-state index contributed by atoms with van der Waals surface area (Å²) in [5.74, 6) is 4.18. The zero-order chi connectivity index (χ0) is 21.0. The SMILES string of the molecule is CCCCCCC(C)(C)c1cc(OC)c(C2C=C(CO)[C@H]3C4[C@@H]2C43C)c(OC)c1. The van der Waals surface area contributed by atoms with Gasteiger partial charge in [0.15, 0.2) is 0 Å². The van der Waals surface area contributed by atoms with E-state index >= 15 is 0 Å². The Bertz CT molecular complexity index is 783. The first-order valence-electron chi connectivity index (χ1n) is 11.4. The van der Waals surface area contributed by atoms with Crippen molar-refractivity contribution in [1.82, 2.24) is 0 Å². The first kappa shape index (κ1) is 20.8. The van der Waals surface area contributed by atoms with Crippen LogP contribution in [0.3, 0.4) is 0 Å². The molecule has 0 spiro atoms. The van der Waals surface area contributed by atoms with Crippen LogP contribution in [0.5, 0.6) is 11.5 Å². The molecule has 0 heterocycles. The van der Waals surface area contributed by atoms with E-state index < -0.39 is 0 Å². The molecule has 0 amide bonds. The molecule has 1 aromatic rings. The third-order valence-corrected chi connectivity index (χ3v) is 8.31.